The van der Waals surface area contributed by atoms with Crippen LogP contribution < -0.4 is 11.1 Å². The lowest BCUT2D eigenvalue weighted by atomic mass is 10.1. The molecular formula is C12H15FN2O3. The fraction of sp³-hybridized carbons (Fsp3) is 0.333. The van der Waals surface area contributed by atoms with Gasteiger partial charge in [0, 0.05) is 0 Å². The minimum absolute atomic E-state index is 0.0726. The summed E-state index contributed by atoms with van der Waals surface area (Å²) in [5, 5.41) is 11.0. The van der Waals surface area contributed by atoms with Crippen LogP contribution >= 0.6 is 0 Å². The number of nitrogens with two attached hydrogens (primary N) is 1. The van der Waals surface area contributed by atoms with Crippen molar-refractivity contribution in [3.05, 3.63) is 29.6 Å². The molecule has 0 saturated heterocycles. The van der Waals surface area contributed by atoms with Crippen LogP contribution in [0.15, 0.2) is 18.2 Å². The molecule has 1 atom stereocenters. The lowest BCUT2D eigenvalue weighted by Crippen LogP contribution is -2.35. The quantitative estimate of drug-likeness (QED) is 0.744. The van der Waals surface area contributed by atoms with Crippen LogP contribution in [0.25, 0.3) is 0 Å². The van der Waals surface area contributed by atoms with Crippen LogP contribution in [-0.4, -0.2) is 23.0 Å². The summed E-state index contributed by atoms with van der Waals surface area (Å²) < 4.78 is 13.5. The number of carboxylic acids is 1. The third-order valence-electron chi connectivity index (χ3n) is 2.41. The number of benzene rings is 1. The molecule has 6 heteroatoms. The molecule has 0 fully saturated rings. The van der Waals surface area contributed by atoms with E-state index in [9.17, 15) is 14.0 Å². The molecule has 0 radical (unpaired) electrons. The van der Waals surface area contributed by atoms with Crippen molar-refractivity contribution in [3.63, 3.8) is 0 Å². The van der Waals surface area contributed by atoms with Gasteiger partial charge in [-0.2, -0.15) is 0 Å². The fourth-order valence-electron chi connectivity index (χ4n) is 1.42. The van der Waals surface area contributed by atoms with Crippen molar-refractivity contribution < 1.29 is 19.1 Å². The maximum atomic E-state index is 13.5. The average Bonchev–Trinajstić information content (AvgIpc) is 2.31. The van der Waals surface area contributed by atoms with Crippen LogP contribution in [0.3, 0.4) is 0 Å². The number of carbonyl (C=O) groups is 2. The first kappa shape index (κ1) is 14.1. The summed E-state index contributed by atoms with van der Waals surface area (Å²) in [6.45, 7) is 1.88. The lowest BCUT2D eigenvalue weighted by Gasteiger charge is -2.11. The molecule has 1 rings (SSSR count). The van der Waals surface area contributed by atoms with E-state index in [-0.39, 0.29) is 11.3 Å². The molecule has 0 saturated carbocycles. The van der Waals surface area contributed by atoms with E-state index in [1.54, 1.807) is 0 Å². The summed E-state index contributed by atoms with van der Waals surface area (Å²) in [5.74, 6) is -2.51. The second-order valence-corrected chi connectivity index (χ2v) is 3.88. The fourth-order valence-corrected chi connectivity index (χ4v) is 1.42. The van der Waals surface area contributed by atoms with Gasteiger partial charge in [0.2, 0.25) is 5.91 Å². The van der Waals surface area contributed by atoms with Crippen LogP contribution in [-0.2, 0) is 4.79 Å². The molecule has 98 valence electrons. The second-order valence-electron chi connectivity index (χ2n) is 3.88. The summed E-state index contributed by atoms with van der Waals surface area (Å²) in [6.07, 6.45) is 1.25. The number of anilines is 1. The highest BCUT2D eigenvalue weighted by atomic mass is 19.1. The van der Waals surface area contributed by atoms with Crippen molar-refractivity contribution in [3.8, 4) is 0 Å². The van der Waals surface area contributed by atoms with Gasteiger partial charge in [-0.3, -0.25) is 4.79 Å². The highest BCUT2D eigenvalue weighted by Crippen LogP contribution is 2.16. The normalized spacial score (nSPS) is 11.9. The van der Waals surface area contributed by atoms with Crippen LogP contribution in [0.1, 0.15) is 30.1 Å². The summed E-state index contributed by atoms with van der Waals surface area (Å²) in [6, 6.07) is 2.57. The van der Waals surface area contributed by atoms with Gasteiger partial charge in [-0.1, -0.05) is 13.3 Å². The van der Waals surface area contributed by atoms with E-state index in [0.717, 1.165) is 12.5 Å². The molecule has 0 bridgehead atoms. The first-order valence-corrected chi connectivity index (χ1v) is 5.55. The number of hydrogen-bond acceptors (Lipinski definition) is 3. The number of carbonyl (C=O) groups excluding carboxylic acids is 1. The van der Waals surface area contributed by atoms with E-state index >= 15 is 0 Å². The Bertz CT molecular complexity index is 463. The predicted molar refractivity (Wildman–Crippen MR) is 64.9 cm³/mol. The zero-order valence-electron chi connectivity index (χ0n) is 9.94. The van der Waals surface area contributed by atoms with E-state index in [0.29, 0.717) is 6.42 Å². The molecule has 0 heterocycles. The topological polar surface area (TPSA) is 92.4 Å². The van der Waals surface area contributed by atoms with Crippen molar-refractivity contribution >= 4 is 17.6 Å². The van der Waals surface area contributed by atoms with Crippen LogP contribution in [0.4, 0.5) is 10.1 Å². The van der Waals surface area contributed by atoms with E-state index in [2.05, 4.69) is 5.32 Å². The minimum Gasteiger partial charge on any atom is -0.478 e. The monoisotopic (exact) mass is 254 g/mol. The van der Waals surface area contributed by atoms with Gasteiger partial charge in [0.15, 0.2) is 0 Å². The molecular weight excluding hydrogens is 239 g/mol. The van der Waals surface area contributed by atoms with Crippen LogP contribution in [0.5, 0.6) is 0 Å². The van der Waals surface area contributed by atoms with E-state index in [1.807, 2.05) is 6.92 Å². The molecule has 1 amide bonds. The Hall–Kier alpha value is -1.95. The van der Waals surface area contributed by atoms with Crippen LogP contribution in [0.2, 0.25) is 0 Å². The zero-order chi connectivity index (χ0) is 13.7. The third-order valence-corrected chi connectivity index (χ3v) is 2.41. The Kier molecular flexibility index (Phi) is 4.79. The van der Waals surface area contributed by atoms with Crippen molar-refractivity contribution in [2.75, 3.05) is 5.32 Å². The second kappa shape index (κ2) is 6.11. The number of hydrogen-bond donors (Lipinski definition) is 3. The van der Waals surface area contributed by atoms with E-state index in [1.165, 1.54) is 12.1 Å². The number of nitrogens with one attached hydrogen (secondary N) is 1. The van der Waals surface area contributed by atoms with Crippen molar-refractivity contribution in [2.45, 2.75) is 25.8 Å². The van der Waals surface area contributed by atoms with Gasteiger partial charge in [-0.05, 0) is 24.6 Å². The smallest absolute Gasteiger partial charge is 0.335 e. The van der Waals surface area contributed by atoms with Crippen molar-refractivity contribution in [1.29, 1.82) is 0 Å². The summed E-state index contributed by atoms with van der Waals surface area (Å²) in [7, 11) is 0. The van der Waals surface area contributed by atoms with E-state index in [4.69, 9.17) is 10.8 Å². The largest absolute Gasteiger partial charge is 0.478 e. The molecule has 1 unspecified atom stereocenters. The number of carboxylic acid groups (broad SMARTS) is 1. The molecule has 0 aliphatic carbocycles. The molecule has 0 aliphatic rings. The number of amides is 1. The molecule has 4 N–H and O–H groups in total. The predicted octanol–water partition coefficient (Wildman–Crippen LogP) is 1.59. The maximum Gasteiger partial charge on any atom is 0.335 e. The number of aromatic carboxylic acids is 1. The van der Waals surface area contributed by atoms with Crippen molar-refractivity contribution in [1.82, 2.24) is 0 Å². The Morgan fingerprint density at radius 1 is 1.50 bits per heavy atom. The standard InChI is InChI=1S/C12H15FN2O3/c1-2-3-9(14)11(16)15-10-5-4-7(12(17)18)6-8(10)13/h4-6,9H,2-3,14H2,1H3,(H,15,16)(H,17,18). The molecule has 18 heavy (non-hydrogen) atoms. The van der Waals surface area contributed by atoms with Gasteiger partial charge in [-0.25, -0.2) is 9.18 Å². The van der Waals surface area contributed by atoms with Gasteiger partial charge < -0.3 is 16.2 Å². The molecule has 5 nitrogen and oxygen atoms in total. The van der Waals surface area contributed by atoms with Gasteiger partial charge in [0.25, 0.3) is 0 Å². The summed E-state index contributed by atoms with van der Waals surface area (Å²) >= 11 is 0. The molecule has 1 aromatic carbocycles. The van der Waals surface area contributed by atoms with Gasteiger partial charge in [-0.15, -0.1) is 0 Å². The third kappa shape index (κ3) is 3.53. The molecule has 0 spiro atoms. The molecule has 1 aromatic rings. The van der Waals surface area contributed by atoms with Gasteiger partial charge >= 0.3 is 5.97 Å². The van der Waals surface area contributed by atoms with Crippen molar-refractivity contribution in [2.24, 2.45) is 5.73 Å². The van der Waals surface area contributed by atoms with Gasteiger partial charge in [0.05, 0.1) is 17.3 Å². The Morgan fingerprint density at radius 2 is 2.17 bits per heavy atom. The lowest BCUT2D eigenvalue weighted by molar-refractivity contribution is -0.117. The molecule has 0 aromatic heterocycles. The SMILES string of the molecule is CCCC(N)C(=O)Nc1ccc(C(=O)O)cc1F. The number of rotatable bonds is 5. The highest BCUT2D eigenvalue weighted by Gasteiger charge is 2.15. The maximum absolute atomic E-state index is 13.5. The minimum atomic E-state index is -1.23. The Balaban J connectivity index is 2.79. The summed E-state index contributed by atoms with van der Waals surface area (Å²) in [5.41, 5.74) is 5.33. The highest BCUT2D eigenvalue weighted by molar-refractivity contribution is 5.95. The first-order valence-electron chi connectivity index (χ1n) is 5.55. The average molecular weight is 254 g/mol. The Labute approximate surface area is 104 Å². The Morgan fingerprint density at radius 3 is 2.67 bits per heavy atom. The number of halogens is 1. The zero-order valence-corrected chi connectivity index (χ0v) is 9.94. The van der Waals surface area contributed by atoms with Crippen LogP contribution in [0, 0.1) is 5.82 Å². The van der Waals surface area contributed by atoms with E-state index < -0.39 is 23.7 Å². The van der Waals surface area contributed by atoms with Gasteiger partial charge in [0.1, 0.15) is 5.82 Å². The summed E-state index contributed by atoms with van der Waals surface area (Å²) in [4.78, 5) is 22.2. The molecule has 0 aliphatic heterocycles. The first-order chi connectivity index (χ1) is 8.45.